The van der Waals surface area contributed by atoms with Crippen LogP contribution in [0, 0.1) is 12.3 Å². The van der Waals surface area contributed by atoms with E-state index in [-0.39, 0.29) is 0 Å². The largest absolute Gasteiger partial charge is 0.360 e. The van der Waals surface area contributed by atoms with Crippen LogP contribution in [0.2, 0.25) is 0 Å². The van der Waals surface area contributed by atoms with Gasteiger partial charge >= 0.3 is 0 Å². The van der Waals surface area contributed by atoms with Crippen molar-refractivity contribution in [1.82, 2.24) is 24.8 Å². The van der Waals surface area contributed by atoms with Crippen molar-refractivity contribution in [3.05, 3.63) is 29.2 Å². The fraction of sp³-hybridized carbons (Fsp3) is 0.737. The van der Waals surface area contributed by atoms with Gasteiger partial charge in [0.1, 0.15) is 11.6 Å². The summed E-state index contributed by atoms with van der Waals surface area (Å²) >= 11 is 0. The number of likely N-dealkylation sites (tertiary alicyclic amines) is 1. The zero-order valence-corrected chi connectivity index (χ0v) is 15.1. The lowest BCUT2D eigenvalue weighted by Gasteiger charge is -2.32. The Kier molecular flexibility index (Phi) is 3.69. The molecule has 0 bridgehead atoms. The summed E-state index contributed by atoms with van der Waals surface area (Å²) in [5, 5.41) is 13.1. The van der Waals surface area contributed by atoms with Crippen LogP contribution in [0.1, 0.15) is 67.5 Å². The van der Waals surface area contributed by atoms with Gasteiger partial charge in [-0.15, -0.1) is 10.2 Å². The predicted molar refractivity (Wildman–Crippen MR) is 93.1 cm³/mol. The van der Waals surface area contributed by atoms with Crippen molar-refractivity contribution in [2.45, 2.75) is 70.9 Å². The molecule has 1 saturated carbocycles. The van der Waals surface area contributed by atoms with E-state index in [1.54, 1.807) is 0 Å². The molecule has 3 aliphatic rings. The monoisotopic (exact) mass is 341 g/mol. The highest BCUT2D eigenvalue weighted by Crippen LogP contribution is 2.64. The molecular formula is C19H27N5O. The van der Waals surface area contributed by atoms with Gasteiger partial charge in [0.05, 0.1) is 12.2 Å². The van der Waals surface area contributed by atoms with E-state index in [0.717, 1.165) is 44.1 Å². The van der Waals surface area contributed by atoms with Crippen LogP contribution in [0.15, 0.2) is 10.6 Å². The number of hydrogen-bond donors (Lipinski definition) is 0. The maximum absolute atomic E-state index is 5.38. The van der Waals surface area contributed by atoms with Gasteiger partial charge in [0, 0.05) is 24.9 Å². The smallest absolute Gasteiger partial charge is 0.150 e. The van der Waals surface area contributed by atoms with Crippen LogP contribution in [0.5, 0.6) is 0 Å². The first kappa shape index (κ1) is 15.6. The number of aryl methyl sites for hydroxylation is 2. The number of fused-ring (bicyclic) bond motifs is 1. The average molecular weight is 341 g/mol. The van der Waals surface area contributed by atoms with Crippen molar-refractivity contribution in [3.63, 3.8) is 0 Å². The fourth-order valence-electron chi connectivity index (χ4n) is 4.90. The third kappa shape index (κ3) is 2.80. The number of piperidine rings is 1. The topological polar surface area (TPSA) is 60.0 Å². The minimum atomic E-state index is 0.490. The van der Waals surface area contributed by atoms with Crippen LogP contribution in [-0.4, -0.2) is 37.9 Å². The van der Waals surface area contributed by atoms with Crippen LogP contribution >= 0.6 is 0 Å². The van der Waals surface area contributed by atoms with Crippen molar-refractivity contribution in [3.8, 4) is 0 Å². The summed E-state index contributed by atoms with van der Waals surface area (Å²) in [6.45, 7) is 6.30. The van der Waals surface area contributed by atoms with Crippen LogP contribution in [0.25, 0.3) is 0 Å². The van der Waals surface area contributed by atoms with E-state index in [2.05, 4.69) is 30.9 Å². The molecule has 6 heteroatoms. The van der Waals surface area contributed by atoms with E-state index in [4.69, 9.17) is 4.52 Å². The standard InChI is InChI=1S/C19H27N5O/c1-14-11-15(25-22-14)13-23-9-6-19(7-10-23)12-16(19)18-21-20-17-5-3-2-4-8-24(17)18/h11,16H,2-10,12-13H2,1H3. The van der Waals surface area contributed by atoms with Crippen molar-refractivity contribution in [1.29, 1.82) is 0 Å². The number of aromatic nitrogens is 4. The SMILES string of the molecule is Cc1cc(CN2CCC3(CC2)CC3c2nnc3n2CCCCC3)on1. The Bertz CT molecular complexity index is 756. The highest BCUT2D eigenvalue weighted by Gasteiger charge is 2.57. The second kappa shape index (κ2) is 5.94. The molecule has 6 nitrogen and oxygen atoms in total. The molecule has 2 aromatic heterocycles. The Hall–Kier alpha value is -1.69. The Labute approximate surface area is 148 Å². The molecule has 0 N–H and O–H groups in total. The van der Waals surface area contributed by atoms with Gasteiger partial charge < -0.3 is 9.09 Å². The molecule has 2 aromatic rings. The third-order valence-electron chi connectivity index (χ3n) is 6.55. The average Bonchev–Trinajstić information content (AvgIpc) is 3.05. The summed E-state index contributed by atoms with van der Waals surface area (Å²) in [5.74, 6) is 4.15. The summed E-state index contributed by atoms with van der Waals surface area (Å²) in [5.41, 5.74) is 1.46. The van der Waals surface area contributed by atoms with E-state index in [1.807, 2.05) is 6.92 Å². The summed E-state index contributed by atoms with van der Waals surface area (Å²) < 4.78 is 7.83. The Morgan fingerprint density at radius 1 is 1.16 bits per heavy atom. The molecule has 1 spiro atoms. The third-order valence-corrected chi connectivity index (χ3v) is 6.55. The van der Waals surface area contributed by atoms with Gasteiger partial charge in [0.15, 0.2) is 5.76 Å². The maximum atomic E-state index is 5.38. The Balaban J connectivity index is 1.24. The first-order valence-corrected chi connectivity index (χ1v) is 9.80. The summed E-state index contributed by atoms with van der Waals surface area (Å²) in [7, 11) is 0. The quantitative estimate of drug-likeness (QED) is 0.859. The van der Waals surface area contributed by atoms with Crippen molar-refractivity contribution in [2.24, 2.45) is 5.41 Å². The van der Waals surface area contributed by atoms with Crippen molar-refractivity contribution < 1.29 is 4.52 Å². The minimum absolute atomic E-state index is 0.490. The highest BCUT2D eigenvalue weighted by atomic mass is 16.5. The minimum Gasteiger partial charge on any atom is -0.360 e. The summed E-state index contributed by atoms with van der Waals surface area (Å²) in [6.07, 6.45) is 8.83. The maximum Gasteiger partial charge on any atom is 0.150 e. The molecule has 1 unspecified atom stereocenters. The molecular weight excluding hydrogens is 314 g/mol. The Morgan fingerprint density at radius 2 is 2.04 bits per heavy atom. The van der Waals surface area contributed by atoms with Gasteiger partial charge in [0.25, 0.3) is 0 Å². The van der Waals surface area contributed by atoms with Gasteiger partial charge in [-0.05, 0) is 57.5 Å². The first-order valence-electron chi connectivity index (χ1n) is 9.80. The van der Waals surface area contributed by atoms with E-state index < -0.39 is 0 Å². The van der Waals surface area contributed by atoms with Crippen LogP contribution in [0.4, 0.5) is 0 Å². The second-order valence-corrected chi connectivity index (χ2v) is 8.27. The molecule has 25 heavy (non-hydrogen) atoms. The van der Waals surface area contributed by atoms with E-state index in [9.17, 15) is 0 Å². The molecule has 5 rings (SSSR count). The molecule has 0 radical (unpaired) electrons. The fourth-order valence-corrected chi connectivity index (χ4v) is 4.90. The van der Waals surface area contributed by atoms with Gasteiger partial charge in [-0.2, -0.15) is 0 Å². The van der Waals surface area contributed by atoms with E-state index in [0.29, 0.717) is 11.3 Å². The molecule has 0 aromatic carbocycles. The lowest BCUT2D eigenvalue weighted by atomic mass is 9.90. The predicted octanol–water partition coefficient (Wildman–Crippen LogP) is 3.07. The van der Waals surface area contributed by atoms with Crippen LogP contribution < -0.4 is 0 Å². The van der Waals surface area contributed by atoms with Gasteiger partial charge in [-0.3, -0.25) is 4.90 Å². The molecule has 134 valence electrons. The molecule has 1 aliphatic carbocycles. The van der Waals surface area contributed by atoms with Gasteiger partial charge in [-0.1, -0.05) is 11.6 Å². The molecule has 4 heterocycles. The first-order chi connectivity index (χ1) is 12.2. The zero-order valence-electron chi connectivity index (χ0n) is 15.1. The normalized spacial score (nSPS) is 25.7. The lowest BCUT2D eigenvalue weighted by molar-refractivity contribution is 0.148. The molecule has 2 aliphatic heterocycles. The van der Waals surface area contributed by atoms with Crippen molar-refractivity contribution >= 4 is 0 Å². The number of hydrogen-bond acceptors (Lipinski definition) is 5. The zero-order chi connectivity index (χ0) is 16.9. The molecule has 1 saturated heterocycles. The molecule has 0 amide bonds. The number of nitrogens with zero attached hydrogens (tertiary/aromatic N) is 5. The van der Waals surface area contributed by atoms with Gasteiger partial charge in [0.2, 0.25) is 0 Å². The van der Waals surface area contributed by atoms with Gasteiger partial charge in [-0.25, -0.2) is 0 Å². The second-order valence-electron chi connectivity index (χ2n) is 8.27. The number of rotatable bonds is 3. The molecule has 1 atom stereocenters. The summed E-state index contributed by atoms with van der Waals surface area (Å²) in [6, 6.07) is 2.05. The van der Waals surface area contributed by atoms with Crippen molar-refractivity contribution in [2.75, 3.05) is 13.1 Å². The van der Waals surface area contributed by atoms with E-state index in [1.165, 1.54) is 50.2 Å². The summed E-state index contributed by atoms with van der Waals surface area (Å²) in [4.78, 5) is 2.50. The van der Waals surface area contributed by atoms with Crippen LogP contribution in [-0.2, 0) is 19.5 Å². The lowest BCUT2D eigenvalue weighted by Crippen LogP contribution is -2.34. The molecule has 2 fully saturated rings. The van der Waals surface area contributed by atoms with E-state index >= 15 is 0 Å². The Morgan fingerprint density at radius 3 is 2.84 bits per heavy atom. The highest BCUT2D eigenvalue weighted by molar-refractivity contribution is 5.21. The van der Waals surface area contributed by atoms with Crippen LogP contribution in [0.3, 0.4) is 0 Å².